The molecule has 78 valence electrons. The van der Waals surface area contributed by atoms with Crippen LogP contribution < -0.4 is 10.4 Å². The molecular weight excluding hydrogens is 192 g/mol. The van der Waals surface area contributed by atoms with E-state index in [0.29, 0.717) is 16.9 Å². The number of hydrogen-bond donors (Lipinski definition) is 0. The first kappa shape index (κ1) is 9.77. The van der Waals surface area contributed by atoms with Crippen LogP contribution in [0.4, 0.5) is 0 Å². The summed E-state index contributed by atoms with van der Waals surface area (Å²) in [6.45, 7) is 3.67. The van der Waals surface area contributed by atoms with Gasteiger partial charge in [0.15, 0.2) is 0 Å². The highest BCUT2D eigenvalue weighted by atomic mass is 16.5. The number of aryl methyl sites for hydroxylation is 1. The highest BCUT2D eigenvalue weighted by molar-refractivity contribution is 5.87. The quantitative estimate of drug-likeness (QED) is 0.669. The normalized spacial score (nSPS) is 10.6. The molecular formula is C12H12O3. The van der Waals surface area contributed by atoms with Crippen molar-refractivity contribution in [3.8, 4) is 5.75 Å². The van der Waals surface area contributed by atoms with E-state index in [-0.39, 0.29) is 5.63 Å². The Labute approximate surface area is 87.3 Å². The Morgan fingerprint density at radius 2 is 2.00 bits per heavy atom. The summed E-state index contributed by atoms with van der Waals surface area (Å²) in [5, 5.41) is 0.872. The molecule has 0 aliphatic heterocycles. The molecule has 0 saturated carbocycles. The van der Waals surface area contributed by atoms with Gasteiger partial charge in [0.2, 0.25) is 0 Å². The summed E-state index contributed by atoms with van der Waals surface area (Å²) >= 11 is 0. The zero-order valence-electron chi connectivity index (χ0n) is 8.96. The first-order valence-corrected chi connectivity index (χ1v) is 4.72. The predicted molar refractivity (Wildman–Crippen MR) is 58.5 cm³/mol. The number of fused-ring (bicyclic) bond motifs is 1. The van der Waals surface area contributed by atoms with Gasteiger partial charge in [0, 0.05) is 0 Å². The Morgan fingerprint density at radius 3 is 2.67 bits per heavy atom. The van der Waals surface area contributed by atoms with E-state index in [1.807, 2.05) is 19.1 Å². The van der Waals surface area contributed by atoms with E-state index in [1.165, 1.54) is 0 Å². The van der Waals surface area contributed by atoms with Crippen molar-refractivity contribution in [3.05, 3.63) is 39.7 Å². The molecule has 0 fully saturated rings. The van der Waals surface area contributed by atoms with Crippen molar-refractivity contribution in [1.82, 2.24) is 0 Å². The summed E-state index contributed by atoms with van der Waals surface area (Å²) in [7, 11) is 1.56. The van der Waals surface area contributed by atoms with Crippen molar-refractivity contribution in [2.24, 2.45) is 0 Å². The van der Waals surface area contributed by atoms with Gasteiger partial charge < -0.3 is 9.15 Å². The number of rotatable bonds is 1. The zero-order chi connectivity index (χ0) is 11.0. The van der Waals surface area contributed by atoms with Crippen LogP contribution in [-0.2, 0) is 0 Å². The molecule has 0 saturated heterocycles. The van der Waals surface area contributed by atoms with E-state index in [9.17, 15) is 4.79 Å². The summed E-state index contributed by atoms with van der Waals surface area (Å²) in [4.78, 5) is 11.5. The minimum atomic E-state index is -0.343. The molecule has 2 rings (SSSR count). The van der Waals surface area contributed by atoms with Crippen molar-refractivity contribution in [3.63, 3.8) is 0 Å². The minimum Gasteiger partial charge on any atom is -0.495 e. The van der Waals surface area contributed by atoms with Crippen molar-refractivity contribution >= 4 is 11.0 Å². The molecule has 1 aromatic carbocycles. The van der Waals surface area contributed by atoms with Crippen LogP contribution in [-0.4, -0.2) is 7.11 Å². The molecule has 0 spiro atoms. The fourth-order valence-corrected chi connectivity index (χ4v) is 1.73. The first-order valence-electron chi connectivity index (χ1n) is 4.72. The summed E-state index contributed by atoms with van der Waals surface area (Å²) in [6.07, 6.45) is 0. The van der Waals surface area contributed by atoms with Gasteiger partial charge in [-0.3, -0.25) is 0 Å². The molecule has 0 amide bonds. The van der Waals surface area contributed by atoms with E-state index in [0.717, 1.165) is 10.9 Å². The topological polar surface area (TPSA) is 39.4 Å². The molecule has 1 aromatic heterocycles. The van der Waals surface area contributed by atoms with Crippen LogP contribution in [0, 0.1) is 13.8 Å². The number of benzene rings is 1. The van der Waals surface area contributed by atoms with Crippen LogP contribution in [0.3, 0.4) is 0 Å². The third kappa shape index (κ3) is 1.40. The lowest BCUT2D eigenvalue weighted by Crippen LogP contribution is -2.06. The van der Waals surface area contributed by atoms with Gasteiger partial charge in [-0.05, 0) is 25.5 Å². The fourth-order valence-electron chi connectivity index (χ4n) is 1.73. The molecule has 1 heterocycles. The van der Waals surface area contributed by atoms with E-state index in [4.69, 9.17) is 9.15 Å². The van der Waals surface area contributed by atoms with Gasteiger partial charge in [-0.25, -0.2) is 4.79 Å². The number of hydrogen-bond acceptors (Lipinski definition) is 3. The van der Waals surface area contributed by atoms with E-state index in [1.54, 1.807) is 20.1 Å². The lowest BCUT2D eigenvalue weighted by atomic mass is 10.1. The Kier molecular flexibility index (Phi) is 2.23. The van der Waals surface area contributed by atoms with E-state index in [2.05, 4.69) is 0 Å². The third-order valence-electron chi connectivity index (χ3n) is 2.52. The third-order valence-corrected chi connectivity index (χ3v) is 2.52. The maximum Gasteiger partial charge on any atom is 0.342 e. The number of methoxy groups -OCH3 is 1. The average Bonchev–Trinajstić information content (AvgIpc) is 2.21. The second kappa shape index (κ2) is 3.42. The van der Waals surface area contributed by atoms with Crippen molar-refractivity contribution in [2.75, 3.05) is 7.11 Å². The van der Waals surface area contributed by atoms with Gasteiger partial charge in [-0.15, -0.1) is 0 Å². The summed E-state index contributed by atoms with van der Waals surface area (Å²) in [5.74, 6) is 0.611. The van der Waals surface area contributed by atoms with E-state index < -0.39 is 0 Å². The van der Waals surface area contributed by atoms with Crippen LogP contribution >= 0.6 is 0 Å². The van der Waals surface area contributed by atoms with Crippen LogP contribution in [0.15, 0.2) is 27.4 Å². The van der Waals surface area contributed by atoms with Crippen LogP contribution in [0.1, 0.15) is 11.1 Å². The zero-order valence-corrected chi connectivity index (χ0v) is 8.96. The van der Waals surface area contributed by atoms with Crippen LogP contribution in [0.2, 0.25) is 0 Å². The summed E-state index contributed by atoms with van der Waals surface area (Å²) < 4.78 is 10.4. The Hall–Kier alpha value is -1.77. The second-order valence-corrected chi connectivity index (χ2v) is 3.50. The molecule has 0 aliphatic rings. The molecule has 0 atom stereocenters. The first-order chi connectivity index (χ1) is 7.15. The Morgan fingerprint density at radius 1 is 1.27 bits per heavy atom. The molecule has 15 heavy (non-hydrogen) atoms. The fraction of sp³-hybridized carbons (Fsp3) is 0.250. The average molecular weight is 204 g/mol. The van der Waals surface area contributed by atoms with Gasteiger partial charge in [0.1, 0.15) is 11.3 Å². The van der Waals surface area contributed by atoms with Crippen LogP contribution in [0.25, 0.3) is 11.0 Å². The van der Waals surface area contributed by atoms with Gasteiger partial charge in [-0.1, -0.05) is 12.1 Å². The van der Waals surface area contributed by atoms with Gasteiger partial charge >= 0.3 is 5.63 Å². The van der Waals surface area contributed by atoms with Gasteiger partial charge in [0.25, 0.3) is 0 Å². The van der Waals surface area contributed by atoms with Crippen molar-refractivity contribution in [1.29, 1.82) is 0 Å². The molecule has 3 heteroatoms. The molecule has 0 aliphatic carbocycles. The largest absolute Gasteiger partial charge is 0.495 e. The Balaban J connectivity index is 3.03. The predicted octanol–water partition coefficient (Wildman–Crippen LogP) is 2.42. The molecule has 0 bridgehead atoms. The Bertz CT molecular complexity index is 567. The highest BCUT2D eigenvalue weighted by Crippen LogP contribution is 2.29. The molecule has 0 unspecified atom stereocenters. The highest BCUT2D eigenvalue weighted by Gasteiger charge is 2.12. The summed E-state index contributed by atoms with van der Waals surface area (Å²) in [6, 6.07) is 5.59. The molecule has 2 aromatic rings. The van der Waals surface area contributed by atoms with E-state index >= 15 is 0 Å². The molecule has 0 radical (unpaired) electrons. The SMILES string of the molecule is COc1c(C)c(=O)oc2cccc(C)c12. The van der Waals surface area contributed by atoms with Crippen molar-refractivity contribution in [2.45, 2.75) is 13.8 Å². The van der Waals surface area contributed by atoms with Gasteiger partial charge in [-0.2, -0.15) is 0 Å². The van der Waals surface area contributed by atoms with Crippen LogP contribution in [0.5, 0.6) is 5.75 Å². The summed E-state index contributed by atoms with van der Waals surface area (Å²) in [5.41, 5.74) is 1.78. The maximum atomic E-state index is 11.5. The molecule has 3 nitrogen and oxygen atoms in total. The standard InChI is InChI=1S/C12H12O3/c1-7-5-4-6-9-10(7)11(14-3)8(2)12(13)15-9/h4-6H,1-3H3. The lowest BCUT2D eigenvalue weighted by Gasteiger charge is -2.08. The second-order valence-electron chi connectivity index (χ2n) is 3.50. The van der Waals surface area contributed by atoms with Crippen molar-refractivity contribution < 1.29 is 9.15 Å². The molecule has 0 N–H and O–H groups in total. The number of ether oxygens (including phenoxy) is 1. The maximum absolute atomic E-state index is 11.5. The smallest absolute Gasteiger partial charge is 0.342 e. The minimum absolute atomic E-state index is 0.343. The van der Waals surface area contributed by atoms with Gasteiger partial charge in [0.05, 0.1) is 18.1 Å². The lowest BCUT2D eigenvalue weighted by molar-refractivity contribution is 0.408. The monoisotopic (exact) mass is 204 g/mol.